The molecule has 3 rings (SSSR count). The molecule has 0 aliphatic rings. The van der Waals surface area contributed by atoms with Gasteiger partial charge in [0.15, 0.2) is 5.76 Å². The smallest absolute Gasteiger partial charge is 0.286 e. The Morgan fingerprint density at radius 1 is 1.35 bits per heavy atom. The fraction of sp³-hybridized carbons (Fsp3) is 0.167. The van der Waals surface area contributed by atoms with E-state index in [1.807, 2.05) is 0 Å². The summed E-state index contributed by atoms with van der Waals surface area (Å²) in [5.41, 5.74) is 7.38. The molecule has 0 fully saturated rings. The fourth-order valence-electron chi connectivity index (χ4n) is 2.51. The maximum atomic E-state index is 13.1. The van der Waals surface area contributed by atoms with Crippen molar-refractivity contribution in [1.29, 1.82) is 5.26 Å². The number of aromatic nitrogens is 2. The van der Waals surface area contributed by atoms with Crippen LogP contribution in [0.3, 0.4) is 0 Å². The zero-order chi connectivity index (χ0) is 18.5. The maximum absolute atomic E-state index is 13.1. The number of carbonyl (C=O) groups excluding carboxylic acids is 1. The molecule has 7 nitrogen and oxygen atoms in total. The normalized spacial score (nSPS) is 10.5. The minimum absolute atomic E-state index is 0.203. The molecule has 0 saturated heterocycles. The molecule has 3 N–H and O–H groups in total. The van der Waals surface area contributed by atoms with Gasteiger partial charge in [-0.3, -0.25) is 4.79 Å². The first-order chi connectivity index (χ1) is 12.6. The van der Waals surface area contributed by atoms with Gasteiger partial charge >= 0.3 is 0 Å². The molecular formula is C18H16FN5O2. The fourth-order valence-corrected chi connectivity index (χ4v) is 2.51. The number of amides is 1. The number of anilines is 1. The van der Waals surface area contributed by atoms with Gasteiger partial charge in [0.25, 0.3) is 5.91 Å². The second-order valence-electron chi connectivity index (χ2n) is 5.54. The molecule has 2 aromatic heterocycles. The van der Waals surface area contributed by atoms with E-state index in [0.29, 0.717) is 30.8 Å². The number of furan rings is 1. The summed E-state index contributed by atoms with van der Waals surface area (Å²) in [6.07, 6.45) is 2.46. The Bertz CT molecular complexity index is 939. The molecule has 0 saturated carbocycles. The Kier molecular flexibility index (Phi) is 4.99. The average Bonchev–Trinajstić information content (AvgIpc) is 3.27. The molecular weight excluding hydrogens is 337 g/mol. The molecule has 0 aliphatic carbocycles. The van der Waals surface area contributed by atoms with Crippen molar-refractivity contribution in [2.45, 2.75) is 12.8 Å². The van der Waals surface area contributed by atoms with Gasteiger partial charge in [0.1, 0.15) is 23.3 Å². The highest BCUT2D eigenvalue weighted by Crippen LogP contribution is 2.21. The predicted molar refractivity (Wildman–Crippen MR) is 92.0 cm³/mol. The minimum Gasteiger partial charge on any atom is -0.459 e. The molecule has 2 heterocycles. The third-order valence-corrected chi connectivity index (χ3v) is 3.80. The van der Waals surface area contributed by atoms with Crippen LogP contribution in [0, 0.1) is 17.1 Å². The average molecular weight is 353 g/mol. The molecule has 0 spiro atoms. The monoisotopic (exact) mass is 353 g/mol. The first-order valence-electron chi connectivity index (χ1n) is 7.95. The quantitative estimate of drug-likeness (QED) is 0.661. The van der Waals surface area contributed by atoms with Crippen molar-refractivity contribution in [1.82, 2.24) is 15.1 Å². The van der Waals surface area contributed by atoms with Crippen molar-refractivity contribution < 1.29 is 13.6 Å². The molecule has 1 aromatic carbocycles. The van der Waals surface area contributed by atoms with E-state index in [0.717, 1.165) is 0 Å². The molecule has 3 aromatic rings. The highest BCUT2D eigenvalue weighted by molar-refractivity contribution is 5.91. The second kappa shape index (κ2) is 7.53. The van der Waals surface area contributed by atoms with Crippen LogP contribution >= 0.6 is 0 Å². The summed E-state index contributed by atoms with van der Waals surface area (Å²) >= 11 is 0. The van der Waals surface area contributed by atoms with Crippen LogP contribution in [0.5, 0.6) is 0 Å². The number of halogens is 1. The molecule has 1 amide bonds. The Morgan fingerprint density at radius 2 is 2.12 bits per heavy atom. The van der Waals surface area contributed by atoms with Crippen molar-refractivity contribution in [2.24, 2.45) is 0 Å². The number of hydrogen-bond acceptors (Lipinski definition) is 5. The first kappa shape index (κ1) is 17.2. The van der Waals surface area contributed by atoms with Gasteiger partial charge in [-0.25, -0.2) is 9.07 Å². The van der Waals surface area contributed by atoms with Crippen LogP contribution in [-0.4, -0.2) is 22.2 Å². The lowest BCUT2D eigenvalue weighted by Gasteiger charge is -2.03. The zero-order valence-corrected chi connectivity index (χ0v) is 13.8. The van der Waals surface area contributed by atoms with Crippen LogP contribution in [0.25, 0.3) is 5.69 Å². The number of nitrogens with two attached hydrogens (primary N) is 1. The number of hydrogen-bond donors (Lipinski definition) is 2. The van der Waals surface area contributed by atoms with E-state index in [2.05, 4.69) is 16.5 Å². The van der Waals surface area contributed by atoms with Gasteiger partial charge in [0.05, 0.1) is 17.6 Å². The topological polar surface area (TPSA) is 110 Å². The van der Waals surface area contributed by atoms with E-state index in [1.54, 1.807) is 12.1 Å². The molecule has 0 unspecified atom stereocenters. The molecule has 0 radical (unpaired) electrons. The van der Waals surface area contributed by atoms with Crippen LogP contribution in [0.1, 0.15) is 28.2 Å². The van der Waals surface area contributed by atoms with Gasteiger partial charge in [0.2, 0.25) is 0 Å². The highest BCUT2D eigenvalue weighted by atomic mass is 19.1. The number of nitrogens with zero attached hydrogens (tertiary/aromatic N) is 3. The van der Waals surface area contributed by atoms with E-state index in [-0.39, 0.29) is 28.9 Å². The van der Waals surface area contributed by atoms with Gasteiger partial charge in [-0.1, -0.05) is 0 Å². The Labute approximate surface area is 148 Å². The van der Waals surface area contributed by atoms with E-state index in [1.165, 1.54) is 35.2 Å². The summed E-state index contributed by atoms with van der Waals surface area (Å²) in [5, 5.41) is 16.4. The zero-order valence-electron chi connectivity index (χ0n) is 13.8. The Hall–Kier alpha value is -3.60. The number of nitrogen functional groups attached to an aromatic ring is 1. The van der Waals surface area contributed by atoms with Crippen LogP contribution in [0.2, 0.25) is 0 Å². The van der Waals surface area contributed by atoms with Gasteiger partial charge in [-0.05, 0) is 49.2 Å². The third kappa shape index (κ3) is 3.57. The van der Waals surface area contributed by atoms with Gasteiger partial charge in [0, 0.05) is 6.54 Å². The predicted octanol–water partition coefficient (Wildman–Crippen LogP) is 2.42. The Morgan fingerprint density at radius 3 is 2.77 bits per heavy atom. The summed E-state index contributed by atoms with van der Waals surface area (Å²) in [6, 6.07) is 10.9. The number of aryl methyl sites for hydroxylation is 1. The molecule has 8 heteroatoms. The summed E-state index contributed by atoms with van der Waals surface area (Å²) < 4.78 is 19.5. The van der Waals surface area contributed by atoms with E-state index >= 15 is 0 Å². The summed E-state index contributed by atoms with van der Waals surface area (Å²) in [7, 11) is 0. The van der Waals surface area contributed by atoms with Crippen molar-refractivity contribution in [3.8, 4) is 11.8 Å². The van der Waals surface area contributed by atoms with Crippen LogP contribution in [-0.2, 0) is 6.42 Å². The number of carbonyl (C=O) groups is 1. The number of nitriles is 1. The number of rotatable bonds is 6. The standard InChI is InChI=1S/C18H16FN5O2/c19-12-5-7-13(8-6-12)24-17(21)14(11-20)15(23-24)3-1-9-22-18(25)16-4-2-10-26-16/h2,4-8,10H,1,3,9,21H2,(H,22,25). The third-order valence-electron chi connectivity index (χ3n) is 3.80. The maximum Gasteiger partial charge on any atom is 0.286 e. The van der Waals surface area contributed by atoms with Crippen molar-refractivity contribution in [3.05, 3.63) is 65.5 Å². The van der Waals surface area contributed by atoms with Crippen LogP contribution in [0.15, 0.2) is 47.1 Å². The second-order valence-corrected chi connectivity index (χ2v) is 5.54. The Balaban J connectivity index is 1.66. The van der Waals surface area contributed by atoms with E-state index in [4.69, 9.17) is 10.2 Å². The molecule has 0 bridgehead atoms. The highest BCUT2D eigenvalue weighted by Gasteiger charge is 2.16. The van der Waals surface area contributed by atoms with E-state index < -0.39 is 0 Å². The summed E-state index contributed by atoms with van der Waals surface area (Å²) in [5.74, 6) is -0.222. The molecule has 0 aliphatic heterocycles. The lowest BCUT2D eigenvalue weighted by atomic mass is 10.1. The lowest BCUT2D eigenvalue weighted by Crippen LogP contribution is -2.24. The van der Waals surface area contributed by atoms with Gasteiger partial charge in [-0.2, -0.15) is 10.4 Å². The van der Waals surface area contributed by atoms with Crippen molar-refractivity contribution in [2.75, 3.05) is 12.3 Å². The van der Waals surface area contributed by atoms with Crippen LogP contribution < -0.4 is 11.1 Å². The van der Waals surface area contributed by atoms with E-state index in [9.17, 15) is 14.4 Å². The van der Waals surface area contributed by atoms with Crippen LogP contribution in [0.4, 0.5) is 10.2 Å². The molecule has 0 atom stereocenters. The first-order valence-corrected chi connectivity index (χ1v) is 7.95. The van der Waals surface area contributed by atoms with Gasteiger partial charge < -0.3 is 15.5 Å². The van der Waals surface area contributed by atoms with Crippen molar-refractivity contribution >= 4 is 11.7 Å². The summed E-state index contributed by atoms with van der Waals surface area (Å²) in [6.45, 7) is 0.397. The summed E-state index contributed by atoms with van der Waals surface area (Å²) in [4.78, 5) is 11.8. The van der Waals surface area contributed by atoms with Crippen molar-refractivity contribution in [3.63, 3.8) is 0 Å². The number of benzene rings is 1. The lowest BCUT2D eigenvalue weighted by molar-refractivity contribution is 0.0925. The van der Waals surface area contributed by atoms with Gasteiger partial charge in [-0.15, -0.1) is 0 Å². The molecule has 26 heavy (non-hydrogen) atoms. The minimum atomic E-state index is -0.368. The number of nitrogens with one attached hydrogen (secondary N) is 1. The largest absolute Gasteiger partial charge is 0.459 e. The SMILES string of the molecule is N#Cc1c(CCCNC(=O)c2ccco2)nn(-c2ccc(F)cc2)c1N. The molecule has 132 valence electrons.